The number of hydrogen-bond acceptors (Lipinski definition) is 10. The maximum atomic E-state index is 13.6. The number of carbonyl (C=O) groups is 3. The first kappa shape index (κ1) is 56.1. The van der Waals surface area contributed by atoms with Crippen molar-refractivity contribution in [1.29, 1.82) is 0 Å². The molecular formula is C48H93NO9. The van der Waals surface area contributed by atoms with Crippen molar-refractivity contribution in [3.05, 3.63) is 0 Å². The van der Waals surface area contributed by atoms with E-state index in [9.17, 15) is 24.6 Å². The van der Waals surface area contributed by atoms with Gasteiger partial charge in [0.1, 0.15) is 19.8 Å². The minimum Gasteiger partial charge on any atom is -0.465 e. The number of nitrogens with zero attached hydrogens (tertiary/aromatic N) is 1. The van der Waals surface area contributed by atoms with Gasteiger partial charge < -0.3 is 29.2 Å². The second kappa shape index (κ2) is 43.2. The lowest BCUT2D eigenvalue weighted by atomic mass is 9.94. The van der Waals surface area contributed by atoms with Gasteiger partial charge in [0.15, 0.2) is 0 Å². The molecule has 0 bridgehead atoms. The highest BCUT2D eigenvalue weighted by Gasteiger charge is 2.25. The first-order valence-corrected chi connectivity index (χ1v) is 24.4. The van der Waals surface area contributed by atoms with Gasteiger partial charge in [0.05, 0.1) is 37.6 Å². The SMILES string of the molecule is CCCCCCCCCC(CCCCCCC)C(=O)OCC(COC(=O)OCCCN(CCO)CCO)COC(=O)C(CCCCCCC)CCCCCCCCC. The lowest BCUT2D eigenvalue weighted by molar-refractivity contribution is -0.155. The van der Waals surface area contributed by atoms with Crippen LogP contribution in [0.25, 0.3) is 0 Å². The number of rotatable bonds is 44. The third kappa shape index (κ3) is 34.9. The maximum absolute atomic E-state index is 13.6. The molecule has 10 heteroatoms. The average Bonchev–Trinajstić information content (AvgIpc) is 3.22. The summed E-state index contributed by atoms with van der Waals surface area (Å²) in [6.45, 7) is 10.3. The number of unbranched alkanes of at least 4 members (excludes halogenated alkanes) is 20. The van der Waals surface area contributed by atoms with Crippen molar-refractivity contribution >= 4 is 18.1 Å². The number of esters is 2. The van der Waals surface area contributed by atoms with Crippen LogP contribution in [0.15, 0.2) is 0 Å². The summed E-state index contributed by atoms with van der Waals surface area (Å²) in [6.07, 6.45) is 31.0. The summed E-state index contributed by atoms with van der Waals surface area (Å²) in [7, 11) is 0. The molecule has 0 aliphatic carbocycles. The van der Waals surface area contributed by atoms with Crippen molar-refractivity contribution in [2.45, 2.75) is 214 Å². The Kier molecular flexibility index (Phi) is 41.8. The molecule has 0 radical (unpaired) electrons. The fourth-order valence-corrected chi connectivity index (χ4v) is 7.51. The highest BCUT2D eigenvalue weighted by molar-refractivity contribution is 5.73. The normalized spacial score (nSPS) is 13.0. The van der Waals surface area contributed by atoms with Gasteiger partial charge in [-0.15, -0.1) is 0 Å². The van der Waals surface area contributed by atoms with Crippen LogP contribution in [0, 0.1) is 17.8 Å². The summed E-state index contributed by atoms with van der Waals surface area (Å²) in [4.78, 5) is 41.7. The van der Waals surface area contributed by atoms with Gasteiger partial charge in [0.25, 0.3) is 0 Å². The van der Waals surface area contributed by atoms with Crippen molar-refractivity contribution in [1.82, 2.24) is 4.90 Å². The van der Waals surface area contributed by atoms with E-state index in [0.29, 0.717) is 26.1 Å². The van der Waals surface area contributed by atoms with E-state index in [1.807, 2.05) is 4.90 Å². The summed E-state index contributed by atoms with van der Waals surface area (Å²) in [5, 5.41) is 18.5. The van der Waals surface area contributed by atoms with Crippen LogP contribution in [-0.4, -0.2) is 92.5 Å². The van der Waals surface area contributed by atoms with Crippen molar-refractivity contribution in [3.63, 3.8) is 0 Å². The molecule has 58 heavy (non-hydrogen) atoms. The topological polar surface area (TPSA) is 132 Å². The van der Waals surface area contributed by atoms with Gasteiger partial charge in [0.2, 0.25) is 0 Å². The molecule has 0 fully saturated rings. The number of hydrogen-bond donors (Lipinski definition) is 2. The minimum atomic E-state index is -0.827. The van der Waals surface area contributed by atoms with Gasteiger partial charge in [-0.25, -0.2) is 4.79 Å². The molecule has 0 rings (SSSR count). The predicted octanol–water partition coefficient (Wildman–Crippen LogP) is 11.8. The summed E-state index contributed by atoms with van der Waals surface area (Å²) >= 11 is 0. The molecule has 344 valence electrons. The highest BCUT2D eigenvalue weighted by Crippen LogP contribution is 2.23. The molecule has 0 saturated heterocycles. The van der Waals surface area contributed by atoms with Crippen molar-refractivity contribution in [3.8, 4) is 0 Å². The summed E-state index contributed by atoms with van der Waals surface area (Å²) in [6, 6.07) is 0. The largest absolute Gasteiger partial charge is 0.508 e. The maximum Gasteiger partial charge on any atom is 0.508 e. The Morgan fingerprint density at radius 3 is 1.09 bits per heavy atom. The van der Waals surface area contributed by atoms with Crippen molar-refractivity contribution < 1.29 is 43.5 Å². The molecule has 2 N–H and O–H groups in total. The first-order chi connectivity index (χ1) is 28.4. The monoisotopic (exact) mass is 828 g/mol. The van der Waals surface area contributed by atoms with Gasteiger partial charge in [-0.3, -0.25) is 14.5 Å². The Bertz CT molecular complexity index is 862. The van der Waals surface area contributed by atoms with Crippen LogP contribution in [0.5, 0.6) is 0 Å². The number of aliphatic hydroxyl groups is 2. The van der Waals surface area contributed by atoms with Gasteiger partial charge in [-0.05, 0) is 32.1 Å². The number of aliphatic hydroxyl groups excluding tert-OH is 2. The lowest BCUT2D eigenvalue weighted by Gasteiger charge is -2.22. The first-order valence-electron chi connectivity index (χ1n) is 24.4. The predicted molar refractivity (Wildman–Crippen MR) is 237 cm³/mol. The smallest absolute Gasteiger partial charge is 0.465 e. The summed E-state index contributed by atoms with van der Waals surface area (Å²) in [5.41, 5.74) is 0. The highest BCUT2D eigenvalue weighted by atomic mass is 16.7. The number of carbonyl (C=O) groups excluding carboxylic acids is 3. The Morgan fingerprint density at radius 2 is 0.741 bits per heavy atom. The van der Waals surface area contributed by atoms with E-state index >= 15 is 0 Å². The van der Waals surface area contributed by atoms with Crippen LogP contribution < -0.4 is 0 Å². The number of ether oxygens (including phenoxy) is 4. The minimum absolute atomic E-state index is 0.000526. The zero-order chi connectivity index (χ0) is 42.7. The zero-order valence-corrected chi connectivity index (χ0v) is 38.3. The molecule has 0 spiro atoms. The molecule has 0 heterocycles. The van der Waals surface area contributed by atoms with Crippen LogP contribution in [0.2, 0.25) is 0 Å². The van der Waals surface area contributed by atoms with E-state index in [4.69, 9.17) is 18.9 Å². The van der Waals surface area contributed by atoms with Crippen LogP contribution in [0.3, 0.4) is 0 Å². The molecule has 0 aliphatic heterocycles. The average molecular weight is 828 g/mol. The molecule has 0 aromatic carbocycles. The van der Waals surface area contributed by atoms with Gasteiger partial charge in [0, 0.05) is 19.6 Å². The summed E-state index contributed by atoms with van der Waals surface area (Å²) in [5.74, 6) is -1.26. The van der Waals surface area contributed by atoms with E-state index in [1.54, 1.807) is 0 Å². The fraction of sp³-hybridized carbons (Fsp3) is 0.938. The Hall–Kier alpha value is -1.91. The molecule has 2 unspecified atom stereocenters. The van der Waals surface area contributed by atoms with Crippen LogP contribution in [0.1, 0.15) is 214 Å². The van der Waals surface area contributed by atoms with E-state index in [2.05, 4.69) is 27.7 Å². The molecule has 0 saturated carbocycles. The molecule has 10 nitrogen and oxygen atoms in total. The summed E-state index contributed by atoms with van der Waals surface area (Å²) < 4.78 is 22.7. The quantitative estimate of drug-likeness (QED) is 0.0347. The van der Waals surface area contributed by atoms with Gasteiger partial charge in [-0.1, -0.05) is 182 Å². The third-order valence-electron chi connectivity index (χ3n) is 11.3. The van der Waals surface area contributed by atoms with Crippen LogP contribution >= 0.6 is 0 Å². The molecule has 0 amide bonds. The van der Waals surface area contributed by atoms with E-state index in [1.165, 1.54) is 103 Å². The Balaban J connectivity index is 5.55. The fourth-order valence-electron chi connectivity index (χ4n) is 7.51. The molecule has 2 atom stereocenters. The molecule has 0 aromatic rings. The van der Waals surface area contributed by atoms with E-state index in [0.717, 1.165) is 77.0 Å². The Labute approximate surface area is 356 Å². The van der Waals surface area contributed by atoms with Crippen molar-refractivity contribution in [2.24, 2.45) is 17.8 Å². The molecular weight excluding hydrogens is 735 g/mol. The van der Waals surface area contributed by atoms with Gasteiger partial charge >= 0.3 is 18.1 Å². The Morgan fingerprint density at radius 1 is 0.414 bits per heavy atom. The van der Waals surface area contributed by atoms with Crippen molar-refractivity contribution in [2.75, 3.05) is 59.3 Å². The molecule has 0 aromatic heterocycles. The lowest BCUT2D eigenvalue weighted by Crippen LogP contribution is -2.31. The second-order valence-corrected chi connectivity index (χ2v) is 16.8. The zero-order valence-electron chi connectivity index (χ0n) is 38.3. The van der Waals surface area contributed by atoms with E-state index < -0.39 is 12.1 Å². The second-order valence-electron chi connectivity index (χ2n) is 16.8. The van der Waals surface area contributed by atoms with Gasteiger partial charge in [-0.2, -0.15) is 0 Å². The third-order valence-corrected chi connectivity index (χ3v) is 11.3. The van der Waals surface area contributed by atoms with E-state index in [-0.39, 0.29) is 63.4 Å². The molecule has 0 aliphatic rings. The standard InChI is InChI=1S/C48H93NO9/c1-5-9-13-17-19-23-27-32-44(30-25-21-15-11-7-3)46(52)56-40-43(42-58-48(54)55-39-29-34-49(35-37-50)36-38-51)41-57-47(53)45(31-26-22-16-12-8-4)33-28-24-20-18-14-10-6-2/h43-45,50-51H,5-42H2,1-4H3. The van der Waals surface area contributed by atoms with Crippen LogP contribution in [-0.2, 0) is 28.5 Å². The van der Waals surface area contributed by atoms with Crippen LogP contribution in [0.4, 0.5) is 4.79 Å².